The number of anilines is 1. The highest BCUT2D eigenvalue weighted by molar-refractivity contribution is 6.35. The van der Waals surface area contributed by atoms with E-state index >= 15 is 0 Å². The molecular formula is C18H15Cl2N3O2. The number of aryl methyl sites for hydroxylation is 1. The van der Waals surface area contributed by atoms with Gasteiger partial charge < -0.3 is 9.84 Å². The number of aromatic nitrogens is 2. The van der Waals surface area contributed by atoms with Crippen molar-refractivity contribution in [2.24, 2.45) is 0 Å². The monoisotopic (exact) mass is 375 g/mol. The number of carbonyl (C=O) groups is 1. The fraction of sp³-hybridized carbons (Fsp3) is 0.167. The van der Waals surface area contributed by atoms with Gasteiger partial charge in [-0.1, -0.05) is 52.1 Å². The van der Waals surface area contributed by atoms with Gasteiger partial charge in [-0.3, -0.25) is 4.79 Å². The molecule has 0 aliphatic rings. The van der Waals surface area contributed by atoms with E-state index in [1.54, 1.807) is 18.2 Å². The van der Waals surface area contributed by atoms with E-state index in [4.69, 9.17) is 27.7 Å². The Morgan fingerprint density at radius 2 is 1.92 bits per heavy atom. The minimum atomic E-state index is -0.208. The SMILES string of the molecule is Cc1ccc(NC(=O)Cc2noc(Cc3ccc(Cl)cc3Cl)n2)cc1. The predicted molar refractivity (Wildman–Crippen MR) is 97.1 cm³/mol. The summed E-state index contributed by atoms with van der Waals surface area (Å²) in [7, 11) is 0. The lowest BCUT2D eigenvalue weighted by Crippen LogP contribution is -2.15. The molecule has 3 rings (SSSR count). The summed E-state index contributed by atoms with van der Waals surface area (Å²) in [6.45, 7) is 1.99. The second-order valence-electron chi connectivity index (χ2n) is 5.61. The van der Waals surface area contributed by atoms with Crippen LogP contribution < -0.4 is 5.32 Å². The molecule has 1 amide bonds. The molecule has 1 heterocycles. The first-order valence-electron chi connectivity index (χ1n) is 7.61. The van der Waals surface area contributed by atoms with Gasteiger partial charge in [0.1, 0.15) is 0 Å². The Hall–Kier alpha value is -2.37. The Morgan fingerprint density at radius 3 is 2.64 bits per heavy atom. The van der Waals surface area contributed by atoms with E-state index in [2.05, 4.69) is 15.5 Å². The van der Waals surface area contributed by atoms with Gasteiger partial charge in [0.15, 0.2) is 5.82 Å². The van der Waals surface area contributed by atoms with Gasteiger partial charge in [0.05, 0.1) is 12.8 Å². The van der Waals surface area contributed by atoms with Crippen LogP contribution in [0, 0.1) is 6.92 Å². The number of nitrogens with zero attached hydrogens (tertiary/aromatic N) is 2. The molecule has 0 saturated heterocycles. The Labute approximate surface area is 155 Å². The van der Waals surface area contributed by atoms with Crippen molar-refractivity contribution in [3.05, 3.63) is 75.4 Å². The van der Waals surface area contributed by atoms with Crippen LogP contribution in [0.15, 0.2) is 47.0 Å². The van der Waals surface area contributed by atoms with Crippen molar-refractivity contribution < 1.29 is 9.32 Å². The molecule has 7 heteroatoms. The first-order chi connectivity index (χ1) is 12.0. The number of amides is 1. The highest BCUT2D eigenvalue weighted by atomic mass is 35.5. The zero-order chi connectivity index (χ0) is 17.8. The number of nitrogens with one attached hydrogen (secondary N) is 1. The highest BCUT2D eigenvalue weighted by Crippen LogP contribution is 2.23. The zero-order valence-corrected chi connectivity index (χ0v) is 14.9. The van der Waals surface area contributed by atoms with Crippen LogP contribution in [0.3, 0.4) is 0 Å². The molecule has 0 aliphatic heterocycles. The average Bonchev–Trinajstić information content (AvgIpc) is 2.99. The molecule has 0 bridgehead atoms. The summed E-state index contributed by atoms with van der Waals surface area (Å²) in [5.74, 6) is 0.507. The van der Waals surface area contributed by atoms with Crippen molar-refractivity contribution in [1.82, 2.24) is 10.1 Å². The first kappa shape index (κ1) is 17.5. The number of benzene rings is 2. The van der Waals surface area contributed by atoms with E-state index in [-0.39, 0.29) is 12.3 Å². The van der Waals surface area contributed by atoms with Gasteiger partial charge >= 0.3 is 0 Å². The minimum absolute atomic E-state index is 0.0335. The zero-order valence-electron chi connectivity index (χ0n) is 13.4. The number of hydrogen-bond donors (Lipinski definition) is 1. The number of rotatable bonds is 5. The molecule has 0 atom stereocenters. The van der Waals surface area contributed by atoms with Crippen LogP contribution in [0.2, 0.25) is 10.0 Å². The lowest BCUT2D eigenvalue weighted by atomic mass is 10.1. The summed E-state index contributed by atoms with van der Waals surface area (Å²) >= 11 is 12.0. The molecule has 0 radical (unpaired) electrons. The first-order valence-corrected chi connectivity index (χ1v) is 8.37. The molecule has 0 spiro atoms. The topological polar surface area (TPSA) is 68.0 Å². The van der Waals surface area contributed by atoms with E-state index in [9.17, 15) is 4.79 Å². The third-order valence-electron chi connectivity index (χ3n) is 3.52. The highest BCUT2D eigenvalue weighted by Gasteiger charge is 2.13. The van der Waals surface area contributed by atoms with Gasteiger partial charge in [0, 0.05) is 15.7 Å². The van der Waals surface area contributed by atoms with Gasteiger partial charge in [0.25, 0.3) is 0 Å². The van der Waals surface area contributed by atoms with Crippen LogP contribution in [0.25, 0.3) is 0 Å². The van der Waals surface area contributed by atoms with Gasteiger partial charge in [0.2, 0.25) is 11.8 Å². The quantitative estimate of drug-likeness (QED) is 0.714. The van der Waals surface area contributed by atoms with Gasteiger partial charge in [-0.2, -0.15) is 4.98 Å². The summed E-state index contributed by atoms with van der Waals surface area (Å²) in [6, 6.07) is 12.8. The molecule has 2 aromatic carbocycles. The van der Waals surface area contributed by atoms with Gasteiger partial charge in [-0.15, -0.1) is 0 Å². The molecule has 0 aliphatic carbocycles. The molecule has 25 heavy (non-hydrogen) atoms. The van der Waals surface area contributed by atoms with Crippen LogP contribution >= 0.6 is 23.2 Å². The number of carbonyl (C=O) groups excluding carboxylic acids is 1. The largest absolute Gasteiger partial charge is 0.339 e. The van der Waals surface area contributed by atoms with Crippen molar-refractivity contribution in [2.75, 3.05) is 5.32 Å². The second kappa shape index (κ2) is 7.68. The molecule has 0 saturated carbocycles. The van der Waals surface area contributed by atoms with Crippen molar-refractivity contribution in [3.8, 4) is 0 Å². The smallest absolute Gasteiger partial charge is 0.232 e. The summed E-state index contributed by atoms with van der Waals surface area (Å²) in [6.07, 6.45) is 0.411. The molecule has 0 fully saturated rings. The van der Waals surface area contributed by atoms with Crippen molar-refractivity contribution in [3.63, 3.8) is 0 Å². The Balaban J connectivity index is 1.61. The van der Waals surface area contributed by atoms with Crippen LogP contribution in [-0.2, 0) is 17.6 Å². The van der Waals surface area contributed by atoms with Crippen LogP contribution in [-0.4, -0.2) is 16.0 Å². The van der Waals surface area contributed by atoms with Crippen LogP contribution in [0.4, 0.5) is 5.69 Å². The maximum absolute atomic E-state index is 12.1. The maximum Gasteiger partial charge on any atom is 0.232 e. The van der Waals surface area contributed by atoms with E-state index in [1.807, 2.05) is 31.2 Å². The number of halogens is 2. The fourth-order valence-electron chi connectivity index (χ4n) is 2.25. The Kier molecular flexibility index (Phi) is 5.36. The van der Waals surface area contributed by atoms with Crippen molar-refractivity contribution >= 4 is 34.8 Å². The fourth-order valence-corrected chi connectivity index (χ4v) is 2.72. The minimum Gasteiger partial charge on any atom is -0.339 e. The average molecular weight is 376 g/mol. The lowest BCUT2D eigenvalue weighted by molar-refractivity contribution is -0.115. The third kappa shape index (κ3) is 4.81. The van der Waals surface area contributed by atoms with E-state index in [0.717, 1.165) is 16.8 Å². The molecule has 1 N–H and O–H groups in total. The summed E-state index contributed by atoms with van der Waals surface area (Å²) in [5.41, 5.74) is 2.68. The molecule has 5 nitrogen and oxygen atoms in total. The van der Waals surface area contributed by atoms with Crippen LogP contribution in [0.5, 0.6) is 0 Å². The molecule has 0 unspecified atom stereocenters. The standard InChI is InChI=1S/C18H15Cl2N3O2/c1-11-2-6-14(7-3-11)21-17(24)10-16-22-18(25-23-16)8-12-4-5-13(19)9-15(12)20/h2-7,9H,8,10H2,1H3,(H,21,24). The summed E-state index contributed by atoms with van der Waals surface area (Å²) in [4.78, 5) is 16.3. The van der Waals surface area contributed by atoms with Gasteiger partial charge in [-0.05, 0) is 36.8 Å². The predicted octanol–water partition coefficient (Wildman–Crippen LogP) is 4.46. The molecule has 1 aromatic heterocycles. The summed E-state index contributed by atoms with van der Waals surface area (Å²) in [5, 5.41) is 7.73. The normalized spacial score (nSPS) is 10.7. The third-order valence-corrected chi connectivity index (χ3v) is 4.11. The van der Waals surface area contributed by atoms with Crippen molar-refractivity contribution in [1.29, 1.82) is 0 Å². The molecule has 3 aromatic rings. The molecular weight excluding hydrogens is 361 g/mol. The second-order valence-corrected chi connectivity index (χ2v) is 6.45. The van der Waals surface area contributed by atoms with E-state index in [1.165, 1.54) is 0 Å². The maximum atomic E-state index is 12.1. The van der Waals surface area contributed by atoms with E-state index < -0.39 is 0 Å². The van der Waals surface area contributed by atoms with E-state index in [0.29, 0.717) is 28.2 Å². The molecule has 128 valence electrons. The lowest BCUT2D eigenvalue weighted by Gasteiger charge is -2.03. The van der Waals surface area contributed by atoms with Crippen molar-refractivity contribution in [2.45, 2.75) is 19.8 Å². The number of hydrogen-bond acceptors (Lipinski definition) is 4. The Morgan fingerprint density at radius 1 is 1.16 bits per heavy atom. The summed E-state index contributed by atoms with van der Waals surface area (Å²) < 4.78 is 5.19. The van der Waals surface area contributed by atoms with Crippen LogP contribution in [0.1, 0.15) is 22.8 Å². The Bertz CT molecular complexity index is 892. The van der Waals surface area contributed by atoms with Gasteiger partial charge in [-0.25, -0.2) is 0 Å².